The lowest BCUT2D eigenvalue weighted by Gasteiger charge is -2.12. The van der Waals surface area contributed by atoms with Gasteiger partial charge in [-0.2, -0.15) is 0 Å². The number of rotatable bonds is 6. The normalized spacial score (nSPS) is 10.2. The summed E-state index contributed by atoms with van der Waals surface area (Å²) < 4.78 is 16.4. The lowest BCUT2D eigenvalue weighted by Crippen LogP contribution is -2.10. The molecule has 0 saturated heterocycles. The third kappa shape index (κ3) is 4.05. The third-order valence-electron chi connectivity index (χ3n) is 3.23. The van der Waals surface area contributed by atoms with E-state index in [0.717, 1.165) is 34.1 Å². The molecule has 0 saturated carbocycles. The molecule has 0 bridgehead atoms. The number of anilines is 1. The van der Waals surface area contributed by atoms with E-state index in [4.69, 9.17) is 19.9 Å². The fraction of sp³-hybridized carbons (Fsp3) is 0.294. The molecule has 4 nitrogen and oxygen atoms in total. The number of ether oxygens (including phenoxy) is 3. The highest BCUT2D eigenvalue weighted by atomic mass is 16.5. The number of methoxy groups -OCH3 is 1. The molecule has 0 heterocycles. The topological polar surface area (TPSA) is 53.7 Å². The van der Waals surface area contributed by atoms with Gasteiger partial charge < -0.3 is 19.9 Å². The number of hydrogen-bond acceptors (Lipinski definition) is 4. The summed E-state index contributed by atoms with van der Waals surface area (Å²) in [7, 11) is 1.64. The van der Waals surface area contributed by atoms with Crippen LogP contribution in [0.5, 0.6) is 17.2 Å². The van der Waals surface area contributed by atoms with Gasteiger partial charge in [-0.3, -0.25) is 0 Å². The highest BCUT2D eigenvalue weighted by molar-refractivity contribution is 5.54. The van der Waals surface area contributed by atoms with Crippen molar-refractivity contribution >= 4 is 5.69 Å². The van der Waals surface area contributed by atoms with Gasteiger partial charge in [0.25, 0.3) is 0 Å². The molecule has 4 heteroatoms. The Morgan fingerprint density at radius 1 is 0.857 bits per heavy atom. The lowest BCUT2D eigenvalue weighted by molar-refractivity contribution is 0.216. The van der Waals surface area contributed by atoms with Gasteiger partial charge in [-0.05, 0) is 49.2 Å². The predicted molar refractivity (Wildman–Crippen MR) is 84.3 cm³/mol. The average Bonchev–Trinajstić information content (AvgIpc) is 2.49. The van der Waals surface area contributed by atoms with E-state index in [1.807, 2.05) is 50.2 Å². The van der Waals surface area contributed by atoms with E-state index in [0.29, 0.717) is 13.2 Å². The molecule has 0 aliphatic heterocycles. The summed E-state index contributed by atoms with van der Waals surface area (Å²) in [6.45, 7) is 4.93. The van der Waals surface area contributed by atoms with Gasteiger partial charge in [0.1, 0.15) is 30.5 Å². The Kier molecular flexibility index (Phi) is 4.93. The van der Waals surface area contributed by atoms with Crippen LogP contribution in [0.15, 0.2) is 36.4 Å². The molecule has 0 aromatic heterocycles. The molecule has 0 unspecified atom stereocenters. The Morgan fingerprint density at radius 3 is 2.14 bits per heavy atom. The van der Waals surface area contributed by atoms with Crippen LogP contribution >= 0.6 is 0 Å². The zero-order chi connectivity index (χ0) is 15.2. The maximum Gasteiger partial charge on any atom is 0.124 e. The highest BCUT2D eigenvalue weighted by Crippen LogP contribution is 2.24. The molecule has 0 aliphatic rings. The van der Waals surface area contributed by atoms with Crippen molar-refractivity contribution in [1.29, 1.82) is 0 Å². The fourth-order valence-electron chi connectivity index (χ4n) is 1.99. The van der Waals surface area contributed by atoms with E-state index in [1.54, 1.807) is 7.11 Å². The van der Waals surface area contributed by atoms with Crippen molar-refractivity contribution in [2.45, 2.75) is 13.8 Å². The zero-order valence-corrected chi connectivity index (χ0v) is 12.7. The SMILES string of the molecule is COc1ccc(OCCOc2cc(N)c(C)cc2C)cc1. The first kappa shape index (κ1) is 15.0. The molecule has 0 amide bonds. The van der Waals surface area contributed by atoms with E-state index in [1.165, 1.54) is 0 Å². The second-order valence-electron chi connectivity index (χ2n) is 4.85. The Balaban J connectivity index is 1.83. The van der Waals surface area contributed by atoms with Crippen molar-refractivity contribution in [2.24, 2.45) is 0 Å². The summed E-state index contributed by atoms with van der Waals surface area (Å²) in [6.07, 6.45) is 0. The van der Waals surface area contributed by atoms with Gasteiger partial charge in [-0.25, -0.2) is 0 Å². The minimum absolute atomic E-state index is 0.468. The van der Waals surface area contributed by atoms with Gasteiger partial charge in [0.05, 0.1) is 7.11 Å². The summed E-state index contributed by atoms with van der Waals surface area (Å²) in [5.41, 5.74) is 8.77. The minimum atomic E-state index is 0.468. The van der Waals surface area contributed by atoms with E-state index < -0.39 is 0 Å². The van der Waals surface area contributed by atoms with Crippen molar-refractivity contribution in [3.05, 3.63) is 47.5 Å². The second-order valence-corrected chi connectivity index (χ2v) is 4.85. The Hall–Kier alpha value is -2.36. The van der Waals surface area contributed by atoms with Crippen LogP contribution in [0.2, 0.25) is 0 Å². The number of nitrogen functional groups attached to an aromatic ring is 1. The Labute approximate surface area is 125 Å². The van der Waals surface area contributed by atoms with Crippen molar-refractivity contribution < 1.29 is 14.2 Å². The molecule has 0 atom stereocenters. The molecule has 2 rings (SSSR count). The Morgan fingerprint density at radius 2 is 1.48 bits per heavy atom. The van der Waals surface area contributed by atoms with E-state index in [-0.39, 0.29) is 0 Å². The molecule has 112 valence electrons. The molecule has 21 heavy (non-hydrogen) atoms. The maximum absolute atomic E-state index is 5.89. The number of hydrogen-bond donors (Lipinski definition) is 1. The quantitative estimate of drug-likeness (QED) is 0.654. The van der Waals surface area contributed by atoms with Gasteiger partial charge in [0, 0.05) is 11.8 Å². The van der Waals surface area contributed by atoms with Crippen molar-refractivity contribution in [2.75, 3.05) is 26.1 Å². The van der Waals surface area contributed by atoms with Crippen LogP contribution in [0.3, 0.4) is 0 Å². The van der Waals surface area contributed by atoms with Crippen LogP contribution in [0, 0.1) is 13.8 Å². The van der Waals surface area contributed by atoms with E-state index >= 15 is 0 Å². The highest BCUT2D eigenvalue weighted by Gasteiger charge is 2.03. The fourth-order valence-corrected chi connectivity index (χ4v) is 1.99. The molecular formula is C17H21NO3. The summed E-state index contributed by atoms with van der Waals surface area (Å²) in [4.78, 5) is 0. The molecular weight excluding hydrogens is 266 g/mol. The first-order valence-electron chi connectivity index (χ1n) is 6.86. The van der Waals surface area contributed by atoms with Crippen LogP contribution in [0.25, 0.3) is 0 Å². The largest absolute Gasteiger partial charge is 0.497 e. The summed E-state index contributed by atoms with van der Waals surface area (Å²) in [5.74, 6) is 2.40. The van der Waals surface area contributed by atoms with E-state index in [2.05, 4.69) is 0 Å². The van der Waals surface area contributed by atoms with Crippen molar-refractivity contribution in [3.8, 4) is 17.2 Å². The van der Waals surface area contributed by atoms with Crippen LogP contribution in [-0.4, -0.2) is 20.3 Å². The number of benzene rings is 2. The molecule has 2 aromatic carbocycles. The summed E-state index contributed by atoms with van der Waals surface area (Å²) >= 11 is 0. The molecule has 0 fully saturated rings. The zero-order valence-electron chi connectivity index (χ0n) is 12.7. The number of nitrogens with two attached hydrogens (primary N) is 1. The second kappa shape index (κ2) is 6.88. The van der Waals surface area contributed by atoms with Crippen LogP contribution in [0.1, 0.15) is 11.1 Å². The Bertz CT molecular complexity index is 594. The first-order valence-corrected chi connectivity index (χ1v) is 6.86. The first-order chi connectivity index (χ1) is 10.1. The smallest absolute Gasteiger partial charge is 0.124 e. The van der Waals surface area contributed by atoms with Gasteiger partial charge in [0.15, 0.2) is 0 Å². The van der Waals surface area contributed by atoms with Gasteiger partial charge in [-0.1, -0.05) is 6.07 Å². The van der Waals surface area contributed by atoms with Crippen LogP contribution in [0.4, 0.5) is 5.69 Å². The van der Waals surface area contributed by atoms with Gasteiger partial charge >= 0.3 is 0 Å². The molecule has 2 N–H and O–H groups in total. The van der Waals surface area contributed by atoms with Crippen LogP contribution < -0.4 is 19.9 Å². The summed E-state index contributed by atoms with van der Waals surface area (Å²) in [6, 6.07) is 11.3. The third-order valence-corrected chi connectivity index (χ3v) is 3.23. The van der Waals surface area contributed by atoms with Crippen molar-refractivity contribution in [3.63, 3.8) is 0 Å². The van der Waals surface area contributed by atoms with E-state index in [9.17, 15) is 0 Å². The van der Waals surface area contributed by atoms with Gasteiger partial charge in [-0.15, -0.1) is 0 Å². The molecule has 0 spiro atoms. The van der Waals surface area contributed by atoms with Crippen molar-refractivity contribution in [1.82, 2.24) is 0 Å². The lowest BCUT2D eigenvalue weighted by atomic mass is 10.1. The molecule has 0 radical (unpaired) electrons. The molecule has 2 aromatic rings. The minimum Gasteiger partial charge on any atom is -0.497 e. The standard InChI is InChI=1S/C17H21NO3/c1-12-10-13(2)17(11-16(12)18)21-9-8-20-15-6-4-14(19-3)5-7-15/h4-7,10-11H,8-9,18H2,1-3H3. The predicted octanol–water partition coefficient (Wildman–Crippen LogP) is 3.35. The number of aryl methyl sites for hydroxylation is 2. The maximum atomic E-state index is 5.89. The monoisotopic (exact) mass is 287 g/mol. The molecule has 0 aliphatic carbocycles. The van der Waals surface area contributed by atoms with Crippen LogP contribution in [-0.2, 0) is 0 Å². The van der Waals surface area contributed by atoms with Gasteiger partial charge in [0.2, 0.25) is 0 Å². The average molecular weight is 287 g/mol. The summed E-state index contributed by atoms with van der Waals surface area (Å²) in [5, 5.41) is 0.